The van der Waals surface area contributed by atoms with Gasteiger partial charge in [-0.1, -0.05) is 23.7 Å². The molecular formula is C19H17ClN2O. The summed E-state index contributed by atoms with van der Waals surface area (Å²) in [5.41, 5.74) is 3.85. The molecular weight excluding hydrogens is 308 g/mol. The lowest BCUT2D eigenvalue weighted by molar-refractivity contribution is 0.0686. The van der Waals surface area contributed by atoms with E-state index < -0.39 is 0 Å². The number of nitriles is 1. The van der Waals surface area contributed by atoms with Crippen molar-refractivity contribution in [1.29, 1.82) is 5.26 Å². The van der Waals surface area contributed by atoms with Crippen LogP contribution in [0.3, 0.4) is 0 Å². The number of benzene rings is 2. The Kier molecular flexibility index (Phi) is 3.33. The Morgan fingerprint density at radius 3 is 2.78 bits per heavy atom. The molecule has 2 heterocycles. The molecule has 0 aromatic heterocycles. The minimum Gasteiger partial charge on any atom is -0.375 e. The van der Waals surface area contributed by atoms with E-state index in [1.54, 1.807) is 0 Å². The Labute approximate surface area is 140 Å². The van der Waals surface area contributed by atoms with Gasteiger partial charge in [0.15, 0.2) is 0 Å². The van der Waals surface area contributed by atoms with Crippen LogP contribution in [0, 0.1) is 17.2 Å². The van der Waals surface area contributed by atoms with E-state index in [2.05, 4.69) is 18.3 Å². The summed E-state index contributed by atoms with van der Waals surface area (Å²) in [5, 5.41) is 13.5. The first-order chi connectivity index (χ1) is 11.1. The molecule has 0 radical (unpaired) electrons. The van der Waals surface area contributed by atoms with E-state index in [1.165, 1.54) is 5.56 Å². The van der Waals surface area contributed by atoms with Crippen molar-refractivity contribution in [2.24, 2.45) is 5.92 Å². The normalized spacial score (nSPS) is 28.4. The van der Waals surface area contributed by atoms with Crippen LogP contribution in [0.5, 0.6) is 0 Å². The van der Waals surface area contributed by atoms with Gasteiger partial charge in [0.1, 0.15) is 0 Å². The highest BCUT2D eigenvalue weighted by molar-refractivity contribution is 6.30. The van der Waals surface area contributed by atoms with Crippen LogP contribution in [0.4, 0.5) is 5.69 Å². The Balaban J connectivity index is 1.82. The van der Waals surface area contributed by atoms with Gasteiger partial charge in [0.2, 0.25) is 0 Å². The van der Waals surface area contributed by atoms with E-state index in [0.29, 0.717) is 11.5 Å². The Bertz CT molecular complexity index is 796. The summed E-state index contributed by atoms with van der Waals surface area (Å²) < 4.78 is 6.05. The van der Waals surface area contributed by atoms with Crippen molar-refractivity contribution < 1.29 is 4.74 Å². The van der Waals surface area contributed by atoms with Gasteiger partial charge in [0.25, 0.3) is 0 Å². The minimum atomic E-state index is -0.226. The number of hydrogen-bond acceptors (Lipinski definition) is 3. The van der Waals surface area contributed by atoms with E-state index in [4.69, 9.17) is 21.6 Å². The fourth-order valence-electron chi connectivity index (χ4n) is 3.92. The molecule has 23 heavy (non-hydrogen) atoms. The third-order valence-electron chi connectivity index (χ3n) is 5.16. The highest BCUT2D eigenvalue weighted by Gasteiger charge is 2.48. The van der Waals surface area contributed by atoms with Gasteiger partial charge in [0.05, 0.1) is 23.3 Å². The van der Waals surface area contributed by atoms with Crippen LogP contribution in [0.25, 0.3) is 0 Å². The first-order valence-corrected chi connectivity index (χ1v) is 8.19. The second-order valence-electron chi connectivity index (χ2n) is 6.43. The Morgan fingerprint density at radius 2 is 2.04 bits per heavy atom. The van der Waals surface area contributed by atoms with E-state index in [-0.39, 0.29) is 11.6 Å². The number of anilines is 1. The highest BCUT2D eigenvalue weighted by Crippen LogP contribution is 2.53. The molecule has 3 atom stereocenters. The van der Waals surface area contributed by atoms with Crippen molar-refractivity contribution in [2.45, 2.75) is 25.0 Å². The van der Waals surface area contributed by atoms with E-state index in [9.17, 15) is 0 Å². The van der Waals surface area contributed by atoms with Crippen molar-refractivity contribution in [3.63, 3.8) is 0 Å². The predicted molar refractivity (Wildman–Crippen MR) is 90.4 cm³/mol. The average Bonchev–Trinajstić information content (AvgIpc) is 3.07. The molecule has 1 N–H and O–H groups in total. The maximum atomic E-state index is 9.01. The molecule has 2 aliphatic heterocycles. The molecule has 0 spiro atoms. The van der Waals surface area contributed by atoms with E-state index >= 15 is 0 Å². The largest absolute Gasteiger partial charge is 0.375 e. The number of nitrogens with one attached hydrogen (secondary N) is 1. The highest BCUT2D eigenvalue weighted by atomic mass is 35.5. The number of nitrogens with zero attached hydrogens (tertiary/aromatic N) is 1. The Hall–Kier alpha value is -2.02. The summed E-state index contributed by atoms with van der Waals surface area (Å²) in [5.74, 6) is 0.335. The van der Waals surface area contributed by atoms with Crippen LogP contribution in [0.15, 0.2) is 42.5 Å². The minimum absolute atomic E-state index is 0.0607. The van der Waals surface area contributed by atoms with Crippen LogP contribution < -0.4 is 5.32 Å². The van der Waals surface area contributed by atoms with Crippen LogP contribution in [-0.2, 0) is 10.3 Å². The van der Waals surface area contributed by atoms with Crippen molar-refractivity contribution in [1.82, 2.24) is 0 Å². The van der Waals surface area contributed by atoms with Crippen LogP contribution >= 0.6 is 11.6 Å². The zero-order chi connectivity index (χ0) is 16.0. The first kappa shape index (κ1) is 14.6. The molecule has 0 aliphatic carbocycles. The average molecular weight is 325 g/mol. The second kappa shape index (κ2) is 5.26. The summed E-state index contributed by atoms with van der Waals surface area (Å²) in [6.07, 6.45) is 1.06. The van der Waals surface area contributed by atoms with Gasteiger partial charge in [-0.15, -0.1) is 0 Å². The zero-order valence-electron chi connectivity index (χ0n) is 12.8. The topological polar surface area (TPSA) is 45.0 Å². The van der Waals surface area contributed by atoms with Gasteiger partial charge >= 0.3 is 0 Å². The number of rotatable bonds is 1. The number of hydrogen-bond donors (Lipinski definition) is 1. The second-order valence-corrected chi connectivity index (χ2v) is 6.87. The molecule has 0 unspecified atom stereocenters. The van der Waals surface area contributed by atoms with Gasteiger partial charge in [-0.05, 0) is 49.2 Å². The van der Waals surface area contributed by atoms with Gasteiger partial charge in [-0.2, -0.15) is 5.26 Å². The lowest BCUT2D eigenvalue weighted by Crippen LogP contribution is -2.44. The van der Waals surface area contributed by atoms with Crippen molar-refractivity contribution in [2.75, 3.05) is 11.9 Å². The van der Waals surface area contributed by atoms with Gasteiger partial charge < -0.3 is 10.1 Å². The molecule has 0 amide bonds. The summed E-state index contributed by atoms with van der Waals surface area (Å²) in [6.45, 7) is 2.98. The van der Waals surface area contributed by atoms with Gasteiger partial charge in [0, 0.05) is 28.8 Å². The van der Waals surface area contributed by atoms with Crippen molar-refractivity contribution in [3.05, 3.63) is 64.2 Å². The van der Waals surface area contributed by atoms with Crippen molar-refractivity contribution in [3.8, 4) is 6.07 Å². The molecule has 2 aromatic rings. The zero-order valence-corrected chi connectivity index (χ0v) is 13.6. The molecule has 4 rings (SSSR count). The lowest BCUT2D eigenvalue weighted by atomic mass is 9.71. The van der Waals surface area contributed by atoms with Crippen molar-refractivity contribution >= 4 is 17.3 Å². The SMILES string of the molecule is C[C@@]1(c2ccc(C#N)cc2)Nc2ccc(Cl)cc2[C@H]2OCC[C@H]21. The number of fused-ring (bicyclic) bond motifs is 3. The third-order valence-corrected chi connectivity index (χ3v) is 5.40. The molecule has 116 valence electrons. The molecule has 1 saturated heterocycles. The van der Waals surface area contributed by atoms with Gasteiger partial charge in [-0.3, -0.25) is 0 Å². The molecule has 0 saturated carbocycles. The molecule has 1 fully saturated rings. The predicted octanol–water partition coefficient (Wildman–Crippen LogP) is 4.63. The lowest BCUT2D eigenvalue weighted by Gasteiger charge is -2.45. The number of ether oxygens (including phenoxy) is 1. The molecule has 3 nitrogen and oxygen atoms in total. The molecule has 2 aliphatic rings. The summed E-state index contributed by atoms with van der Waals surface area (Å²) in [6, 6.07) is 16.0. The van der Waals surface area contributed by atoms with Crippen LogP contribution in [0.2, 0.25) is 5.02 Å². The maximum absolute atomic E-state index is 9.01. The standard InChI is InChI=1S/C19H17ClN2O/c1-19(13-4-2-12(11-21)3-5-13)16-8-9-23-18(16)15-10-14(20)6-7-17(15)22-19/h2-7,10,16,18,22H,8-9H2,1H3/t16-,18-,19+/m1/s1. The summed E-state index contributed by atoms with van der Waals surface area (Å²) in [7, 11) is 0. The first-order valence-electron chi connectivity index (χ1n) is 7.82. The van der Waals surface area contributed by atoms with Crippen LogP contribution in [0.1, 0.15) is 36.1 Å². The Morgan fingerprint density at radius 1 is 1.26 bits per heavy atom. The molecule has 4 heteroatoms. The molecule has 2 aromatic carbocycles. The maximum Gasteiger partial charge on any atom is 0.0991 e. The smallest absolute Gasteiger partial charge is 0.0991 e. The monoisotopic (exact) mass is 324 g/mol. The summed E-state index contributed by atoms with van der Waals surface area (Å²) in [4.78, 5) is 0. The third kappa shape index (κ3) is 2.22. The molecule has 0 bridgehead atoms. The fourth-order valence-corrected chi connectivity index (χ4v) is 4.10. The van der Waals surface area contributed by atoms with E-state index in [1.807, 2.05) is 42.5 Å². The quantitative estimate of drug-likeness (QED) is 0.831. The summed E-state index contributed by atoms with van der Waals surface area (Å²) >= 11 is 6.17. The van der Waals surface area contributed by atoms with Crippen LogP contribution in [-0.4, -0.2) is 6.61 Å². The fraction of sp³-hybridized carbons (Fsp3) is 0.316. The van der Waals surface area contributed by atoms with Gasteiger partial charge in [-0.25, -0.2) is 0 Å². The number of halogens is 1. The van der Waals surface area contributed by atoms with E-state index in [0.717, 1.165) is 29.3 Å².